The summed E-state index contributed by atoms with van der Waals surface area (Å²) in [7, 11) is 0. The van der Waals surface area contributed by atoms with Gasteiger partial charge >= 0.3 is 0 Å². The van der Waals surface area contributed by atoms with Gasteiger partial charge in [-0.2, -0.15) is 0 Å². The van der Waals surface area contributed by atoms with Crippen LogP contribution in [-0.4, -0.2) is 0 Å². The first-order valence-electron chi connectivity index (χ1n) is 18.3. The highest BCUT2D eigenvalue weighted by molar-refractivity contribution is 5.98. The maximum atomic E-state index is 6.50. The molecule has 3 aliphatic carbocycles. The largest absolute Gasteiger partial charge is 0.460 e. The number of hydrogen-bond acceptors (Lipinski definition) is 3. The highest BCUT2D eigenvalue weighted by atomic mass is 16.5. The fraction of sp³-hybridized carbons (Fsp3) is 0.102. The Morgan fingerprint density at radius 1 is 0.635 bits per heavy atom. The number of benzene rings is 5. The summed E-state index contributed by atoms with van der Waals surface area (Å²) in [5, 5.41) is 1.18. The first-order valence-corrected chi connectivity index (χ1v) is 18.3. The van der Waals surface area contributed by atoms with Crippen LogP contribution in [0.2, 0.25) is 0 Å². The smallest absolute Gasteiger partial charge is 0.142 e. The van der Waals surface area contributed by atoms with Gasteiger partial charge in [-0.3, -0.25) is 0 Å². The van der Waals surface area contributed by atoms with E-state index in [0.717, 1.165) is 70.3 Å². The normalized spacial score (nSPS) is 18.4. The van der Waals surface area contributed by atoms with Crippen molar-refractivity contribution in [1.82, 2.24) is 0 Å². The average molecular weight is 672 g/mol. The zero-order chi connectivity index (χ0) is 34.4. The maximum absolute atomic E-state index is 6.50. The molecule has 2 heterocycles. The van der Waals surface area contributed by atoms with Crippen molar-refractivity contribution in [1.29, 1.82) is 0 Å². The number of hydrogen-bond donors (Lipinski definition) is 0. The predicted octanol–water partition coefficient (Wildman–Crippen LogP) is 12.9. The summed E-state index contributed by atoms with van der Waals surface area (Å²) >= 11 is 0. The Labute approximate surface area is 304 Å². The molecule has 0 bridgehead atoms. The quantitative estimate of drug-likeness (QED) is 0.176. The molecule has 3 nitrogen and oxygen atoms in total. The molecule has 0 saturated carbocycles. The van der Waals surface area contributed by atoms with E-state index in [1.54, 1.807) is 0 Å². The molecule has 6 aromatic rings. The van der Waals surface area contributed by atoms with Crippen molar-refractivity contribution < 1.29 is 9.15 Å². The Hall–Kier alpha value is -6.32. The third-order valence-corrected chi connectivity index (χ3v) is 10.8. The topological polar surface area (TPSA) is 25.6 Å². The van der Waals surface area contributed by atoms with Crippen molar-refractivity contribution in [2.75, 3.05) is 4.90 Å². The van der Waals surface area contributed by atoms with Gasteiger partial charge in [-0.1, -0.05) is 134 Å². The standard InChI is InChI=1S/C49H37NO2/c1-2-11-33(12-3-1)34-23-28-38(29-24-34)50(39-31-26-36(27-32-39)41-18-10-20-45-43-16-5-7-22-47(43)52-49(41)45)37-14-8-13-35(25-30-37)40-17-9-19-44-42-15-4-6-21-46(42)51-48(40)44/h1-6,8-18,20-21,23-32,35,44H,7,19,22H2. The molecule has 2 atom stereocenters. The fourth-order valence-corrected chi connectivity index (χ4v) is 8.20. The van der Waals surface area contributed by atoms with Crippen molar-refractivity contribution in [3.63, 3.8) is 0 Å². The monoisotopic (exact) mass is 671 g/mol. The lowest BCUT2D eigenvalue weighted by Gasteiger charge is -2.27. The van der Waals surface area contributed by atoms with E-state index in [-0.39, 0.29) is 11.8 Å². The van der Waals surface area contributed by atoms with E-state index in [1.165, 1.54) is 33.2 Å². The van der Waals surface area contributed by atoms with Crippen LogP contribution in [-0.2, 0) is 6.42 Å². The zero-order valence-electron chi connectivity index (χ0n) is 28.8. The van der Waals surface area contributed by atoms with E-state index in [1.807, 2.05) is 0 Å². The second-order valence-electron chi connectivity index (χ2n) is 13.9. The molecule has 0 spiro atoms. The van der Waals surface area contributed by atoms with Crippen LogP contribution in [0.15, 0.2) is 191 Å². The third kappa shape index (κ3) is 5.29. The first-order chi connectivity index (χ1) is 25.8. The number of fused-ring (bicyclic) bond motifs is 6. The van der Waals surface area contributed by atoms with Crippen molar-refractivity contribution in [3.8, 4) is 28.0 Å². The average Bonchev–Trinajstić information content (AvgIpc) is 3.69. The van der Waals surface area contributed by atoms with Crippen LogP contribution in [0.25, 0.3) is 39.3 Å². The highest BCUT2D eigenvalue weighted by Crippen LogP contribution is 2.48. The summed E-state index contributed by atoms with van der Waals surface area (Å²) in [6.45, 7) is 0. The summed E-state index contributed by atoms with van der Waals surface area (Å²) in [6.07, 6.45) is 23.2. The molecule has 4 aliphatic rings. The molecule has 10 rings (SSSR count). The molecule has 1 aliphatic heterocycles. The van der Waals surface area contributed by atoms with Crippen LogP contribution in [0.3, 0.4) is 0 Å². The second-order valence-corrected chi connectivity index (χ2v) is 13.9. The number of furan rings is 1. The minimum Gasteiger partial charge on any atom is -0.460 e. The molecule has 52 heavy (non-hydrogen) atoms. The van der Waals surface area contributed by atoms with E-state index in [0.29, 0.717) is 0 Å². The molecule has 0 fully saturated rings. The molecule has 2 unspecified atom stereocenters. The third-order valence-electron chi connectivity index (χ3n) is 10.8. The summed E-state index contributed by atoms with van der Waals surface area (Å²) in [5.74, 6) is 3.53. The lowest BCUT2D eigenvalue weighted by atomic mass is 9.84. The Balaban J connectivity index is 1.01. The molecule has 5 aromatic carbocycles. The van der Waals surface area contributed by atoms with Gasteiger partial charge in [0.1, 0.15) is 22.9 Å². The number of para-hydroxylation sites is 2. The molecular weight excluding hydrogens is 635 g/mol. The van der Waals surface area contributed by atoms with E-state index < -0.39 is 0 Å². The van der Waals surface area contributed by atoms with Gasteiger partial charge in [0.2, 0.25) is 0 Å². The predicted molar refractivity (Wildman–Crippen MR) is 213 cm³/mol. The van der Waals surface area contributed by atoms with E-state index >= 15 is 0 Å². The zero-order valence-corrected chi connectivity index (χ0v) is 28.8. The highest BCUT2D eigenvalue weighted by Gasteiger charge is 2.34. The summed E-state index contributed by atoms with van der Waals surface area (Å²) < 4.78 is 13.0. The number of aryl methyl sites for hydroxylation is 1. The van der Waals surface area contributed by atoms with Crippen LogP contribution in [0.1, 0.15) is 35.6 Å². The lowest BCUT2D eigenvalue weighted by molar-refractivity contribution is 0.415. The van der Waals surface area contributed by atoms with Crippen LogP contribution in [0, 0.1) is 5.92 Å². The minimum atomic E-state index is 0.0937. The van der Waals surface area contributed by atoms with Gasteiger partial charge in [-0.15, -0.1) is 0 Å². The molecule has 250 valence electrons. The van der Waals surface area contributed by atoms with Crippen LogP contribution in [0.4, 0.5) is 11.4 Å². The van der Waals surface area contributed by atoms with Gasteiger partial charge in [0.05, 0.1) is 0 Å². The Kier molecular flexibility index (Phi) is 7.49. The van der Waals surface area contributed by atoms with Gasteiger partial charge in [-0.25, -0.2) is 0 Å². The van der Waals surface area contributed by atoms with Gasteiger partial charge in [0.25, 0.3) is 0 Å². The molecular formula is C49H37NO2. The van der Waals surface area contributed by atoms with Crippen molar-refractivity contribution in [2.24, 2.45) is 5.92 Å². The summed E-state index contributed by atoms with van der Waals surface area (Å²) in [4.78, 5) is 2.35. The van der Waals surface area contributed by atoms with E-state index in [9.17, 15) is 0 Å². The molecule has 1 aromatic heterocycles. The molecule has 0 radical (unpaired) electrons. The van der Waals surface area contributed by atoms with Crippen molar-refractivity contribution in [2.45, 2.75) is 25.2 Å². The number of nitrogens with zero attached hydrogens (tertiary/aromatic N) is 1. The first kappa shape index (κ1) is 30.5. The maximum Gasteiger partial charge on any atom is 0.142 e. The van der Waals surface area contributed by atoms with Crippen LogP contribution in [0.5, 0.6) is 5.75 Å². The summed E-state index contributed by atoms with van der Waals surface area (Å²) in [5.41, 5.74) is 12.6. The van der Waals surface area contributed by atoms with E-state index in [2.05, 4.69) is 181 Å². The minimum absolute atomic E-state index is 0.0937. The second kappa shape index (κ2) is 12.8. The number of rotatable bonds is 6. The molecule has 0 amide bonds. The van der Waals surface area contributed by atoms with Crippen LogP contribution >= 0.6 is 0 Å². The summed E-state index contributed by atoms with van der Waals surface area (Å²) in [6, 6.07) is 43.3. The number of allylic oxidation sites excluding steroid dienone is 10. The van der Waals surface area contributed by atoms with Gasteiger partial charge in [0.15, 0.2) is 0 Å². The lowest BCUT2D eigenvalue weighted by Crippen LogP contribution is -2.15. The van der Waals surface area contributed by atoms with Crippen molar-refractivity contribution in [3.05, 3.63) is 204 Å². The van der Waals surface area contributed by atoms with Crippen LogP contribution < -0.4 is 9.64 Å². The van der Waals surface area contributed by atoms with Gasteiger partial charge in [0, 0.05) is 63.0 Å². The molecule has 0 saturated heterocycles. The Bertz CT molecular complexity index is 2510. The SMILES string of the molecule is C1=CC(C2=C3Oc4ccccc4C3CC=C2)C=CC(N(c2ccc(-c3ccccc3)cc2)c2ccc(-c3cccc4c5c(oc34)CCC=C5)cc2)=C1. The Morgan fingerprint density at radius 2 is 1.40 bits per heavy atom. The van der Waals surface area contributed by atoms with Gasteiger partial charge < -0.3 is 14.1 Å². The molecule has 3 heteroatoms. The van der Waals surface area contributed by atoms with E-state index in [4.69, 9.17) is 9.15 Å². The molecule has 0 N–H and O–H groups in total. The number of anilines is 2. The number of ether oxygens (including phenoxy) is 1. The Morgan fingerprint density at radius 3 is 2.25 bits per heavy atom. The fourth-order valence-electron chi connectivity index (χ4n) is 8.20. The van der Waals surface area contributed by atoms with Crippen molar-refractivity contribution >= 4 is 28.4 Å². The van der Waals surface area contributed by atoms with Gasteiger partial charge in [-0.05, 0) is 72.0 Å².